The summed E-state index contributed by atoms with van der Waals surface area (Å²) in [5, 5.41) is 15.2. The molecule has 3 aromatic rings. The lowest BCUT2D eigenvalue weighted by Crippen LogP contribution is -2.40. The highest BCUT2D eigenvalue weighted by molar-refractivity contribution is 5.91. The van der Waals surface area contributed by atoms with Gasteiger partial charge in [-0.1, -0.05) is 24.4 Å². The van der Waals surface area contributed by atoms with Crippen LogP contribution >= 0.6 is 0 Å². The van der Waals surface area contributed by atoms with E-state index in [0.717, 1.165) is 10.9 Å². The van der Waals surface area contributed by atoms with Crippen molar-refractivity contribution >= 4 is 11.0 Å². The molecule has 0 radical (unpaired) electrons. The molecule has 1 N–H and O–H groups in total. The zero-order chi connectivity index (χ0) is 20.2. The van der Waals surface area contributed by atoms with Crippen molar-refractivity contribution in [1.29, 1.82) is 0 Å². The van der Waals surface area contributed by atoms with Crippen LogP contribution in [0.4, 0.5) is 4.39 Å². The van der Waals surface area contributed by atoms with Crippen LogP contribution in [0.3, 0.4) is 0 Å². The van der Waals surface area contributed by atoms with Crippen LogP contribution in [0.5, 0.6) is 5.75 Å². The predicted octanol–water partition coefficient (Wildman–Crippen LogP) is 4.64. The number of rotatable bonds is 7. The molecule has 0 bridgehead atoms. The van der Waals surface area contributed by atoms with Gasteiger partial charge in [0.15, 0.2) is 5.58 Å². The van der Waals surface area contributed by atoms with Gasteiger partial charge in [0.05, 0.1) is 0 Å². The van der Waals surface area contributed by atoms with E-state index in [1.807, 2.05) is 24.3 Å². The minimum Gasteiger partial charge on any atom is -0.491 e. The summed E-state index contributed by atoms with van der Waals surface area (Å²) in [5.74, 6) is 0.337. The maximum Gasteiger partial charge on any atom is 0.170 e. The summed E-state index contributed by atoms with van der Waals surface area (Å²) in [4.78, 5) is 2.26. The van der Waals surface area contributed by atoms with E-state index in [4.69, 9.17) is 9.26 Å². The lowest BCUT2D eigenvalue weighted by atomic mass is 9.94. The number of likely N-dealkylation sites (N-methyl/N-ethyl adjacent to an activating group) is 1. The molecule has 0 unspecified atom stereocenters. The van der Waals surface area contributed by atoms with E-state index in [1.165, 1.54) is 44.2 Å². The van der Waals surface area contributed by atoms with Crippen molar-refractivity contribution in [3.63, 3.8) is 0 Å². The van der Waals surface area contributed by atoms with Crippen molar-refractivity contribution in [2.45, 2.75) is 44.2 Å². The van der Waals surface area contributed by atoms with E-state index in [9.17, 15) is 9.50 Å². The number of hydrogen-bond acceptors (Lipinski definition) is 5. The minimum atomic E-state index is -0.531. The third-order valence-corrected chi connectivity index (χ3v) is 5.70. The van der Waals surface area contributed by atoms with Gasteiger partial charge < -0.3 is 19.3 Å². The summed E-state index contributed by atoms with van der Waals surface area (Å²) < 4.78 is 24.3. The molecule has 1 aromatic heterocycles. The average Bonchev–Trinajstić information content (AvgIpc) is 3.16. The summed E-state index contributed by atoms with van der Waals surface area (Å²) in [6, 6.07) is 12.4. The van der Waals surface area contributed by atoms with Crippen molar-refractivity contribution in [2.24, 2.45) is 0 Å². The highest BCUT2D eigenvalue weighted by Gasteiger charge is 2.20. The van der Waals surface area contributed by atoms with Crippen LogP contribution in [0.1, 0.15) is 32.1 Å². The summed E-state index contributed by atoms with van der Waals surface area (Å²) in [6.45, 7) is 0.868. The van der Waals surface area contributed by atoms with Gasteiger partial charge in [0.1, 0.15) is 30.0 Å². The molecule has 6 heteroatoms. The third-order valence-electron chi connectivity index (χ3n) is 5.70. The number of aliphatic hydroxyl groups is 1. The minimum absolute atomic E-state index is 0.253. The summed E-state index contributed by atoms with van der Waals surface area (Å²) in [7, 11) is 2.09. The van der Waals surface area contributed by atoms with Crippen LogP contribution in [0.2, 0.25) is 0 Å². The Bertz CT molecular complexity index is 935. The molecule has 1 fully saturated rings. The Morgan fingerprint density at radius 1 is 1.17 bits per heavy atom. The Hall–Kier alpha value is -2.44. The Labute approximate surface area is 170 Å². The maximum atomic E-state index is 13.3. The maximum absolute atomic E-state index is 13.3. The second kappa shape index (κ2) is 8.93. The molecule has 1 aliphatic rings. The van der Waals surface area contributed by atoms with E-state index in [-0.39, 0.29) is 12.4 Å². The summed E-state index contributed by atoms with van der Waals surface area (Å²) in [6.07, 6.45) is 5.79. The largest absolute Gasteiger partial charge is 0.491 e. The van der Waals surface area contributed by atoms with Crippen molar-refractivity contribution in [1.82, 2.24) is 10.1 Å². The molecule has 2 aromatic carbocycles. The lowest BCUT2D eigenvalue weighted by molar-refractivity contribution is 0.0561. The SMILES string of the molecule is CN(C[C@H](O)COc1ccc(-c2noc3cc(F)ccc23)cc1)C1CCCCC1. The highest BCUT2D eigenvalue weighted by atomic mass is 19.1. The van der Waals surface area contributed by atoms with Crippen molar-refractivity contribution in [3.8, 4) is 17.0 Å². The van der Waals surface area contributed by atoms with Crippen LogP contribution in [0, 0.1) is 5.82 Å². The van der Waals surface area contributed by atoms with Crippen LogP contribution in [-0.2, 0) is 0 Å². The molecular weight excluding hydrogens is 371 g/mol. The average molecular weight is 398 g/mol. The van der Waals surface area contributed by atoms with Crippen LogP contribution in [-0.4, -0.2) is 47.5 Å². The van der Waals surface area contributed by atoms with Gasteiger partial charge in [-0.05, 0) is 56.3 Å². The quantitative estimate of drug-likeness (QED) is 0.628. The number of aromatic nitrogens is 1. The highest BCUT2D eigenvalue weighted by Crippen LogP contribution is 2.29. The smallest absolute Gasteiger partial charge is 0.170 e. The van der Waals surface area contributed by atoms with Crippen LogP contribution in [0.15, 0.2) is 47.0 Å². The molecular formula is C23H27FN2O3. The van der Waals surface area contributed by atoms with E-state index < -0.39 is 6.10 Å². The molecule has 0 amide bonds. The molecule has 154 valence electrons. The second-order valence-corrected chi connectivity index (χ2v) is 7.89. The first-order chi connectivity index (χ1) is 14.1. The number of benzene rings is 2. The Morgan fingerprint density at radius 3 is 2.69 bits per heavy atom. The number of nitrogens with zero attached hydrogens (tertiary/aromatic N) is 2. The molecule has 1 heterocycles. The number of hydrogen-bond donors (Lipinski definition) is 1. The first-order valence-corrected chi connectivity index (χ1v) is 10.3. The van der Waals surface area contributed by atoms with Gasteiger partial charge >= 0.3 is 0 Å². The fraction of sp³-hybridized carbons (Fsp3) is 0.435. The molecule has 0 spiro atoms. The Kier molecular flexibility index (Phi) is 6.11. The third kappa shape index (κ3) is 4.77. The standard InChI is InChI=1S/C23H27FN2O3/c1-26(18-5-3-2-4-6-18)14-19(27)15-28-20-10-7-16(8-11-20)23-21-12-9-17(24)13-22(21)29-25-23/h7-13,18-19,27H,2-6,14-15H2,1H3/t19-/m0/s1. The molecule has 29 heavy (non-hydrogen) atoms. The fourth-order valence-corrected chi connectivity index (χ4v) is 4.08. The van der Waals surface area contributed by atoms with E-state index in [2.05, 4.69) is 17.1 Å². The van der Waals surface area contributed by atoms with Crippen LogP contribution in [0.25, 0.3) is 22.2 Å². The fourth-order valence-electron chi connectivity index (χ4n) is 4.08. The van der Waals surface area contributed by atoms with Crippen molar-refractivity contribution in [2.75, 3.05) is 20.2 Å². The van der Waals surface area contributed by atoms with Gasteiger partial charge in [0, 0.05) is 29.6 Å². The predicted molar refractivity (Wildman–Crippen MR) is 110 cm³/mol. The monoisotopic (exact) mass is 398 g/mol. The van der Waals surface area contributed by atoms with Gasteiger partial charge in [-0.3, -0.25) is 0 Å². The van der Waals surface area contributed by atoms with Gasteiger partial charge in [-0.2, -0.15) is 0 Å². The molecule has 1 atom stereocenters. The second-order valence-electron chi connectivity index (χ2n) is 7.89. The molecule has 5 nitrogen and oxygen atoms in total. The molecule has 0 aliphatic heterocycles. The van der Waals surface area contributed by atoms with E-state index in [1.54, 1.807) is 6.07 Å². The summed E-state index contributed by atoms with van der Waals surface area (Å²) >= 11 is 0. The number of fused-ring (bicyclic) bond motifs is 1. The first-order valence-electron chi connectivity index (χ1n) is 10.3. The molecule has 1 aliphatic carbocycles. The van der Waals surface area contributed by atoms with Crippen LogP contribution < -0.4 is 4.74 Å². The topological polar surface area (TPSA) is 58.7 Å². The van der Waals surface area contributed by atoms with E-state index >= 15 is 0 Å². The number of aliphatic hydroxyl groups excluding tert-OH is 1. The van der Waals surface area contributed by atoms with Gasteiger partial charge in [-0.25, -0.2) is 4.39 Å². The Balaban J connectivity index is 1.33. The summed E-state index contributed by atoms with van der Waals surface area (Å²) in [5.41, 5.74) is 1.95. The lowest BCUT2D eigenvalue weighted by Gasteiger charge is -2.32. The van der Waals surface area contributed by atoms with E-state index in [0.29, 0.717) is 29.6 Å². The normalized spacial score (nSPS) is 16.4. The Morgan fingerprint density at radius 2 is 1.93 bits per heavy atom. The first kappa shape index (κ1) is 19.9. The number of halogens is 1. The molecule has 4 rings (SSSR count). The molecule has 0 saturated heterocycles. The van der Waals surface area contributed by atoms with Gasteiger partial charge in [0.2, 0.25) is 0 Å². The van der Waals surface area contributed by atoms with Gasteiger partial charge in [0.25, 0.3) is 0 Å². The number of ether oxygens (including phenoxy) is 1. The van der Waals surface area contributed by atoms with Crippen molar-refractivity contribution in [3.05, 3.63) is 48.3 Å². The zero-order valence-electron chi connectivity index (χ0n) is 16.7. The van der Waals surface area contributed by atoms with Crippen molar-refractivity contribution < 1.29 is 18.8 Å². The molecule has 1 saturated carbocycles. The van der Waals surface area contributed by atoms with Gasteiger partial charge in [-0.15, -0.1) is 0 Å². The zero-order valence-corrected chi connectivity index (χ0v) is 16.7.